The van der Waals surface area contributed by atoms with Crippen LogP contribution in [0.15, 0.2) is 24.3 Å². The van der Waals surface area contributed by atoms with Crippen LogP contribution in [0.25, 0.3) is 0 Å². The van der Waals surface area contributed by atoms with Gasteiger partial charge in [0.05, 0.1) is 13.0 Å². The van der Waals surface area contributed by atoms with Gasteiger partial charge in [-0.2, -0.15) is 0 Å². The maximum atomic E-state index is 11.9. The van der Waals surface area contributed by atoms with E-state index in [0.29, 0.717) is 25.5 Å². The molecule has 0 saturated heterocycles. The number of rotatable bonds is 7. The van der Waals surface area contributed by atoms with Gasteiger partial charge in [0.2, 0.25) is 5.91 Å². The van der Waals surface area contributed by atoms with Crippen LogP contribution in [-0.4, -0.2) is 19.1 Å². The summed E-state index contributed by atoms with van der Waals surface area (Å²) in [7, 11) is 0. The number of para-hydroxylation sites is 1. The number of ether oxygens (including phenoxy) is 1. The molecule has 0 radical (unpaired) electrons. The maximum Gasteiger partial charge on any atom is 0.226 e. The first-order valence-electron chi connectivity index (χ1n) is 7.95. The lowest BCUT2D eigenvalue weighted by molar-refractivity contribution is -0.117. The molecule has 1 fully saturated rings. The van der Waals surface area contributed by atoms with Gasteiger partial charge in [-0.3, -0.25) is 4.79 Å². The molecule has 1 aliphatic carbocycles. The topological polar surface area (TPSA) is 64.3 Å². The van der Waals surface area contributed by atoms with Crippen molar-refractivity contribution in [3.63, 3.8) is 0 Å². The molecule has 1 amide bonds. The highest BCUT2D eigenvalue weighted by molar-refractivity contribution is 5.91. The predicted molar refractivity (Wildman–Crippen MR) is 85.0 cm³/mol. The minimum Gasteiger partial charge on any atom is -0.381 e. The van der Waals surface area contributed by atoms with Crippen LogP contribution in [-0.2, 0) is 16.1 Å². The number of hydrogen-bond acceptors (Lipinski definition) is 3. The average Bonchev–Trinajstić information content (AvgIpc) is 2.53. The molecular weight excluding hydrogens is 264 g/mol. The molecule has 21 heavy (non-hydrogen) atoms. The summed E-state index contributed by atoms with van der Waals surface area (Å²) in [5, 5.41) is 2.90. The van der Waals surface area contributed by atoms with E-state index in [1.165, 1.54) is 32.1 Å². The van der Waals surface area contributed by atoms with E-state index >= 15 is 0 Å². The number of hydrogen-bond donors (Lipinski definition) is 2. The molecule has 4 nitrogen and oxygen atoms in total. The zero-order valence-electron chi connectivity index (χ0n) is 12.6. The Balaban J connectivity index is 1.65. The van der Waals surface area contributed by atoms with Crippen molar-refractivity contribution >= 4 is 11.6 Å². The highest BCUT2D eigenvalue weighted by Crippen LogP contribution is 2.23. The molecule has 0 aliphatic heterocycles. The van der Waals surface area contributed by atoms with Crippen LogP contribution >= 0.6 is 0 Å². The van der Waals surface area contributed by atoms with Gasteiger partial charge in [0.25, 0.3) is 0 Å². The molecule has 1 aromatic carbocycles. The number of anilines is 1. The van der Waals surface area contributed by atoms with E-state index in [4.69, 9.17) is 10.5 Å². The van der Waals surface area contributed by atoms with Crippen LogP contribution in [0.3, 0.4) is 0 Å². The molecular formula is C17H26N2O2. The van der Waals surface area contributed by atoms with Gasteiger partial charge in [-0.05, 0) is 30.4 Å². The van der Waals surface area contributed by atoms with Gasteiger partial charge in [-0.1, -0.05) is 37.5 Å². The Hall–Kier alpha value is -1.39. The van der Waals surface area contributed by atoms with E-state index in [1.807, 2.05) is 24.3 Å². The Kier molecular flexibility index (Phi) is 6.70. The fourth-order valence-electron chi connectivity index (χ4n) is 2.80. The number of nitrogens with one attached hydrogen (secondary N) is 1. The normalized spacial score (nSPS) is 15.9. The molecule has 0 bridgehead atoms. The van der Waals surface area contributed by atoms with Crippen molar-refractivity contribution in [2.45, 2.75) is 45.1 Å². The smallest absolute Gasteiger partial charge is 0.226 e. The zero-order valence-corrected chi connectivity index (χ0v) is 12.6. The van der Waals surface area contributed by atoms with Crippen molar-refractivity contribution in [3.8, 4) is 0 Å². The van der Waals surface area contributed by atoms with Crippen LogP contribution in [0.5, 0.6) is 0 Å². The van der Waals surface area contributed by atoms with Crippen molar-refractivity contribution < 1.29 is 9.53 Å². The molecule has 1 aromatic rings. The van der Waals surface area contributed by atoms with E-state index in [2.05, 4.69) is 5.32 Å². The van der Waals surface area contributed by atoms with Gasteiger partial charge in [-0.25, -0.2) is 0 Å². The molecule has 4 heteroatoms. The summed E-state index contributed by atoms with van der Waals surface area (Å²) in [6.45, 7) is 1.72. The standard InChI is InChI=1S/C17H26N2O2/c18-12-15-8-4-5-9-16(15)19-17(20)10-11-21-13-14-6-2-1-3-7-14/h4-5,8-9,14H,1-3,6-7,10-13,18H2,(H,19,20). The van der Waals surface area contributed by atoms with Crippen LogP contribution < -0.4 is 11.1 Å². The molecule has 1 aliphatic rings. The summed E-state index contributed by atoms with van der Waals surface area (Å²) in [5.41, 5.74) is 7.41. The lowest BCUT2D eigenvalue weighted by Crippen LogP contribution is -2.18. The van der Waals surface area contributed by atoms with E-state index in [1.54, 1.807) is 0 Å². The summed E-state index contributed by atoms with van der Waals surface area (Å²) >= 11 is 0. The molecule has 0 aromatic heterocycles. The monoisotopic (exact) mass is 290 g/mol. The van der Waals surface area contributed by atoms with Crippen LogP contribution in [0.2, 0.25) is 0 Å². The van der Waals surface area contributed by atoms with Crippen molar-refractivity contribution in [2.75, 3.05) is 18.5 Å². The summed E-state index contributed by atoms with van der Waals surface area (Å²) in [5.74, 6) is 0.680. The second kappa shape index (κ2) is 8.80. The highest BCUT2D eigenvalue weighted by atomic mass is 16.5. The van der Waals surface area contributed by atoms with Gasteiger partial charge in [-0.15, -0.1) is 0 Å². The first kappa shape index (κ1) is 16.0. The molecule has 116 valence electrons. The second-order valence-electron chi connectivity index (χ2n) is 5.74. The van der Waals surface area contributed by atoms with E-state index in [9.17, 15) is 4.79 Å². The molecule has 0 unspecified atom stereocenters. The van der Waals surface area contributed by atoms with E-state index in [0.717, 1.165) is 17.9 Å². The number of benzene rings is 1. The fraction of sp³-hybridized carbons (Fsp3) is 0.588. The third kappa shape index (κ3) is 5.48. The molecule has 0 spiro atoms. The molecule has 2 rings (SSSR count). The lowest BCUT2D eigenvalue weighted by Gasteiger charge is -2.21. The summed E-state index contributed by atoms with van der Waals surface area (Å²) in [4.78, 5) is 11.9. The van der Waals surface area contributed by atoms with Crippen molar-refractivity contribution in [2.24, 2.45) is 11.7 Å². The van der Waals surface area contributed by atoms with Crippen molar-refractivity contribution in [1.29, 1.82) is 0 Å². The first-order valence-corrected chi connectivity index (χ1v) is 7.95. The summed E-state index contributed by atoms with van der Waals surface area (Å²) in [6.07, 6.45) is 6.95. The van der Waals surface area contributed by atoms with Gasteiger partial charge in [0.1, 0.15) is 0 Å². The Morgan fingerprint density at radius 1 is 1.24 bits per heavy atom. The predicted octanol–water partition coefficient (Wildman–Crippen LogP) is 3.07. The minimum atomic E-state index is -0.0143. The Morgan fingerprint density at radius 2 is 2.00 bits per heavy atom. The first-order chi connectivity index (χ1) is 10.3. The Bertz CT molecular complexity index is 442. The van der Waals surface area contributed by atoms with Gasteiger partial charge >= 0.3 is 0 Å². The SMILES string of the molecule is NCc1ccccc1NC(=O)CCOCC1CCCCC1. The number of carbonyl (C=O) groups is 1. The molecule has 3 N–H and O–H groups in total. The summed E-state index contributed by atoms with van der Waals surface area (Å²) < 4.78 is 5.65. The Labute approximate surface area is 127 Å². The van der Waals surface area contributed by atoms with Crippen LogP contribution in [0.1, 0.15) is 44.1 Å². The maximum absolute atomic E-state index is 11.9. The Morgan fingerprint density at radius 3 is 2.76 bits per heavy atom. The third-order valence-corrected chi connectivity index (χ3v) is 4.06. The largest absolute Gasteiger partial charge is 0.381 e. The van der Waals surface area contributed by atoms with Gasteiger partial charge in [0.15, 0.2) is 0 Å². The van der Waals surface area contributed by atoms with Crippen LogP contribution in [0, 0.1) is 5.92 Å². The zero-order chi connectivity index (χ0) is 14.9. The van der Waals surface area contributed by atoms with E-state index in [-0.39, 0.29) is 5.91 Å². The average molecular weight is 290 g/mol. The van der Waals surface area contributed by atoms with Crippen molar-refractivity contribution in [3.05, 3.63) is 29.8 Å². The van der Waals surface area contributed by atoms with Crippen molar-refractivity contribution in [1.82, 2.24) is 0 Å². The quantitative estimate of drug-likeness (QED) is 0.759. The number of nitrogens with two attached hydrogens (primary N) is 1. The number of amides is 1. The number of carbonyl (C=O) groups excluding carboxylic acids is 1. The molecule has 0 heterocycles. The van der Waals surface area contributed by atoms with Gasteiger partial charge < -0.3 is 15.8 Å². The lowest BCUT2D eigenvalue weighted by atomic mass is 9.90. The minimum absolute atomic E-state index is 0.0143. The highest BCUT2D eigenvalue weighted by Gasteiger charge is 2.13. The third-order valence-electron chi connectivity index (χ3n) is 4.06. The summed E-state index contributed by atoms with van der Waals surface area (Å²) in [6, 6.07) is 7.62. The fourth-order valence-corrected chi connectivity index (χ4v) is 2.80. The van der Waals surface area contributed by atoms with Gasteiger partial charge in [0, 0.05) is 18.8 Å². The molecule has 1 saturated carbocycles. The second-order valence-corrected chi connectivity index (χ2v) is 5.74. The van der Waals surface area contributed by atoms with Crippen LogP contribution in [0.4, 0.5) is 5.69 Å². The van der Waals surface area contributed by atoms with E-state index < -0.39 is 0 Å². The molecule has 0 atom stereocenters.